The molecule has 5 rings (SSSR count). The summed E-state index contributed by atoms with van der Waals surface area (Å²) < 4.78 is 9.31. The molecule has 1 saturated heterocycles. The molecule has 40 heavy (non-hydrogen) atoms. The van der Waals surface area contributed by atoms with E-state index in [9.17, 15) is 4.79 Å². The molecular weight excluding hydrogens is 586 g/mol. The Labute approximate surface area is 252 Å². The second-order valence-electron chi connectivity index (χ2n) is 11.1. The summed E-state index contributed by atoms with van der Waals surface area (Å²) in [5.74, 6) is 0.322. The van der Waals surface area contributed by atoms with Crippen molar-refractivity contribution in [2.24, 2.45) is 5.41 Å². The summed E-state index contributed by atoms with van der Waals surface area (Å²) in [7, 11) is 0. The van der Waals surface area contributed by atoms with Crippen molar-refractivity contribution in [2.45, 2.75) is 74.6 Å². The van der Waals surface area contributed by atoms with Gasteiger partial charge in [0.2, 0.25) is 0 Å². The highest BCUT2D eigenvalue weighted by Gasteiger charge is 2.50. The van der Waals surface area contributed by atoms with Gasteiger partial charge < -0.3 is 15.4 Å². The van der Waals surface area contributed by atoms with Gasteiger partial charge in [-0.1, -0.05) is 35.3 Å². The van der Waals surface area contributed by atoms with Crippen LogP contribution in [-0.4, -0.2) is 50.3 Å². The van der Waals surface area contributed by atoms with E-state index in [0.717, 1.165) is 32.4 Å². The highest BCUT2D eigenvalue weighted by molar-refractivity contribution is 7.99. The molecule has 0 unspecified atom stereocenters. The Kier molecular flexibility index (Phi) is 8.54. The number of fused-ring (bicyclic) bond motifs is 1. The van der Waals surface area contributed by atoms with Crippen molar-refractivity contribution in [3.05, 3.63) is 44.8 Å². The van der Waals surface area contributed by atoms with E-state index in [1.165, 1.54) is 22.3 Å². The lowest BCUT2D eigenvalue weighted by atomic mass is 9.74. The fraction of sp³-hybridized carbons (Fsp3) is 0.519. The molecule has 3 N–H and O–H groups in total. The van der Waals surface area contributed by atoms with E-state index in [1.54, 1.807) is 42.5 Å². The minimum atomic E-state index is -0.485. The molecule has 1 fully saturated rings. The van der Waals surface area contributed by atoms with Crippen molar-refractivity contribution in [3.63, 3.8) is 0 Å². The number of piperidine rings is 1. The summed E-state index contributed by atoms with van der Waals surface area (Å²) in [6, 6.07) is 2.01. The summed E-state index contributed by atoms with van der Waals surface area (Å²) in [5, 5.41) is 0.923. The summed E-state index contributed by atoms with van der Waals surface area (Å²) >= 11 is 11.2. The van der Waals surface area contributed by atoms with Gasteiger partial charge in [0, 0.05) is 39.2 Å². The number of hydrogen-bond acceptors (Lipinski definition) is 12. The number of nitrogen functional groups attached to an aromatic ring is 1. The number of ether oxygens (including phenoxy) is 1. The standard InChI is InChI=1S/C27H34ClN7O2S3/c1-6-37-25(36)19-23(32-15(2)24(33-19)39-17-7-10-30-22(29)18(17)28)35-11-8-27(9-12-35)13-16-20(38-14-31-16)21(27)34-40-26(3,4)5/h7,10,14,21,34H,6,8-9,11-13H2,1-5H3,(H2,29,30)/t21-/m1/s1. The van der Waals surface area contributed by atoms with E-state index >= 15 is 0 Å². The third-order valence-corrected chi connectivity index (χ3v) is 10.7. The van der Waals surface area contributed by atoms with Gasteiger partial charge in [0.1, 0.15) is 10.8 Å². The van der Waals surface area contributed by atoms with E-state index < -0.39 is 5.97 Å². The Morgan fingerprint density at radius 1 is 1.30 bits per heavy atom. The van der Waals surface area contributed by atoms with Crippen molar-refractivity contribution in [3.8, 4) is 0 Å². The number of carbonyl (C=O) groups is 1. The second-order valence-corrected chi connectivity index (χ2v) is 15.0. The monoisotopic (exact) mass is 619 g/mol. The molecule has 1 atom stereocenters. The number of halogens is 1. The minimum absolute atomic E-state index is 0.0740. The van der Waals surface area contributed by atoms with Gasteiger partial charge in [-0.25, -0.2) is 24.7 Å². The number of aryl methyl sites for hydroxylation is 1. The van der Waals surface area contributed by atoms with Crippen LogP contribution in [0.25, 0.3) is 0 Å². The summed E-state index contributed by atoms with van der Waals surface area (Å²) in [4.78, 5) is 35.7. The van der Waals surface area contributed by atoms with Crippen LogP contribution in [0.2, 0.25) is 5.02 Å². The number of nitrogens with zero attached hydrogens (tertiary/aromatic N) is 5. The Morgan fingerprint density at radius 3 is 2.75 bits per heavy atom. The van der Waals surface area contributed by atoms with Gasteiger partial charge in [0.05, 0.1) is 34.6 Å². The SMILES string of the molecule is CCOC(=O)c1nc(Sc2ccnc(N)c2Cl)c(C)nc1N1CCC2(CC1)Cc1ncsc1[C@H]2NSC(C)(C)C. The van der Waals surface area contributed by atoms with Crippen LogP contribution in [-0.2, 0) is 11.2 Å². The zero-order chi connectivity index (χ0) is 28.7. The topological polar surface area (TPSA) is 119 Å². The molecular formula is C27H34ClN7O2S3. The smallest absolute Gasteiger partial charge is 0.360 e. The average Bonchev–Trinajstić information content (AvgIpc) is 3.45. The molecule has 0 bridgehead atoms. The molecule has 214 valence electrons. The Hall–Kier alpha value is -2.12. The normalized spacial score (nSPS) is 18.2. The number of carbonyl (C=O) groups excluding carboxylic acids is 1. The first-order chi connectivity index (χ1) is 19.0. The molecule has 3 aromatic rings. The summed E-state index contributed by atoms with van der Waals surface area (Å²) in [5.41, 5.74) is 10.1. The highest BCUT2D eigenvalue weighted by Crippen LogP contribution is 2.54. The molecule has 3 aromatic heterocycles. The molecule has 9 nitrogen and oxygen atoms in total. The Balaban J connectivity index is 1.41. The summed E-state index contributed by atoms with van der Waals surface area (Å²) in [6.45, 7) is 12.1. The van der Waals surface area contributed by atoms with Gasteiger partial charge in [-0.05, 0) is 59.9 Å². The first kappa shape index (κ1) is 29.4. The first-order valence-electron chi connectivity index (χ1n) is 13.3. The van der Waals surface area contributed by atoms with E-state index in [4.69, 9.17) is 37.0 Å². The zero-order valence-corrected chi connectivity index (χ0v) is 26.5. The maximum atomic E-state index is 13.1. The van der Waals surface area contributed by atoms with Crippen LogP contribution in [0, 0.1) is 12.3 Å². The fourth-order valence-electron chi connectivity index (χ4n) is 5.17. The fourth-order valence-corrected chi connectivity index (χ4v) is 8.18. The Bertz CT molecular complexity index is 1400. The van der Waals surface area contributed by atoms with E-state index in [0.29, 0.717) is 26.5 Å². The third kappa shape index (κ3) is 5.92. The first-order valence-corrected chi connectivity index (χ1v) is 16.1. The summed E-state index contributed by atoms with van der Waals surface area (Å²) in [6.07, 6.45) is 4.45. The van der Waals surface area contributed by atoms with Crippen molar-refractivity contribution in [1.82, 2.24) is 24.7 Å². The number of nitrogens with one attached hydrogen (secondary N) is 1. The number of hydrogen-bond donors (Lipinski definition) is 2. The number of aromatic nitrogens is 4. The van der Waals surface area contributed by atoms with Gasteiger partial charge in [-0.2, -0.15) is 0 Å². The largest absolute Gasteiger partial charge is 0.461 e. The third-order valence-electron chi connectivity index (χ3n) is 7.17. The number of nitrogens with two attached hydrogens (primary N) is 1. The molecule has 1 aliphatic heterocycles. The molecule has 0 aromatic carbocycles. The quantitative estimate of drug-likeness (QED) is 0.235. The lowest BCUT2D eigenvalue weighted by molar-refractivity contribution is 0.0518. The number of rotatable bonds is 7. The second kappa shape index (κ2) is 11.6. The number of esters is 1. The minimum Gasteiger partial charge on any atom is -0.461 e. The predicted molar refractivity (Wildman–Crippen MR) is 163 cm³/mol. The molecule has 0 saturated carbocycles. The number of anilines is 2. The van der Waals surface area contributed by atoms with Gasteiger partial charge in [-0.3, -0.25) is 4.72 Å². The maximum absolute atomic E-state index is 13.1. The van der Waals surface area contributed by atoms with Crippen molar-refractivity contribution in [2.75, 3.05) is 30.3 Å². The average molecular weight is 620 g/mol. The van der Waals surface area contributed by atoms with E-state index in [-0.39, 0.29) is 34.3 Å². The van der Waals surface area contributed by atoms with Crippen LogP contribution in [0.4, 0.5) is 11.6 Å². The van der Waals surface area contributed by atoms with Crippen LogP contribution in [0.1, 0.15) is 73.3 Å². The predicted octanol–water partition coefficient (Wildman–Crippen LogP) is 6.12. The van der Waals surface area contributed by atoms with E-state index in [1.807, 2.05) is 12.4 Å². The van der Waals surface area contributed by atoms with Gasteiger partial charge in [-0.15, -0.1) is 11.3 Å². The number of thiazole rings is 1. The van der Waals surface area contributed by atoms with Crippen LogP contribution in [0.3, 0.4) is 0 Å². The van der Waals surface area contributed by atoms with Crippen LogP contribution in [0.15, 0.2) is 27.7 Å². The van der Waals surface area contributed by atoms with Crippen molar-refractivity contribution >= 4 is 64.3 Å². The molecule has 4 heterocycles. The molecule has 2 aliphatic rings. The van der Waals surface area contributed by atoms with Gasteiger partial charge in [0.15, 0.2) is 11.5 Å². The maximum Gasteiger partial charge on any atom is 0.360 e. The molecule has 0 radical (unpaired) electrons. The van der Waals surface area contributed by atoms with Crippen LogP contribution in [0.5, 0.6) is 0 Å². The lowest BCUT2D eigenvalue weighted by Gasteiger charge is -2.44. The van der Waals surface area contributed by atoms with Crippen molar-refractivity contribution in [1.29, 1.82) is 0 Å². The molecule has 1 aliphatic carbocycles. The van der Waals surface area contributed by atoms with Crippen molar-refractivity contribution < 1.29 is 9.53 Å². The van der Waals surface area contributed by atoms with Gasteiger partial charge >= 0.3 is 5.97 Å². The lowest BCUT2D eigenvalue weighted by Crippen LogP contribution is -2.46. The number of pyridine rings is 1. The van der Waals surface area contributed by atoms with Crippen LogP contribution < -0.4 is 15.4 Å². The zero-order valence-electron chi connectivity index (χ0n) is 23.3. The van der Waals surface area contributed by atoms with Gasteiger partial charge in [0.25, 0.3) is 0 Å². The van der Waals surface area contributed by atoms with E-state index in [2.05, 4.69) is 35.4 Å². The molecule has 1 spiro atoms. The molecule has 13 heteroatoms. The highest BCUT2D eigenvalue weighted by atomic mass is 35.5. The van der Waals surface area contributed by atoms with Crippen LogP contribution >= 0.6 is 46.6 Å². The Morgan fingerprint density at radius 2 is 2.05 bits per heavy atom. The molecule has 0 amide bonds.